The van der Waals surface area contributed by atoms with Gasteiger partial charge in [0.1, 0.15) is 17.4 Å². The summed E-state index contributed by atoms with van der Waals surface area (Å²) in [4.78, 5) is 24.2. The molecular formula is C19H27NO5. The second-order valence-corrected chi connectivity index (χ2v) is 6.60. The van der Waals surface area contributed by atoms with Gasteiger partial charge >= 0.3 is 5.97 Å². The Morgan fingerprint density at radius 3 is 2.52 bits per heavy atom. The summed E-state index contributed by atoms with van der Waals surface area (Å²) in [6.07, 6.45) is 3.84. The molecule has 2 N–H and O–H groups in total. The third-order valence-electron chi connectivity index (χ3n) is 4.73. The molecule has 1 aromatic rings. The van der Waals surface area contributed by atoms with Crippen molar-refractivity contribution in [2.75, 3.05) is 7.11 Å². The minimum atomic E-state index is -1.17. The Kier molecular flexibility index (Phi) is 6.82. The van der Waals surface area contributed by atoms with Crippen LogP contribution >= 0.6 is 0 Å². The highest BCUT2D eigenvalue weighted by Crippen LogP contribution is 2.27. The largest absolute Gasteiger partial charge is 0.497 e. The van der Waals surface area contributed by atoms with Crippen molar-refractivity contribution in [3.63, 3.8) is 0 Å². The van der Waals surface area contributed by atoms with Crippen LogP contribution in [-0.2, 0) is 20.9 Å². The van der Waals surface area contributed by atoms with Crippen molar-refractivity contribution in [2.45, 2.75) is 63.7 Å². The third-order valence-corrected chi connectivity index (χ3v) is 4.73. The number of carboxylic acids is 1. The number of carbonyl (C=O) groups is 2. The molecule has 0 radical (unpaired) electrons. The zero-order valence-corrected chi connectivity index (χ0v) is 14.9. The van der Waals surface area contributed by atoms with E-state index in [1.165, 1.54) is 0 Å². The van der Waals surface area contributed by atoms with E-state index in [2.05, 4.69) is 5.32 Å². The van der Waals surface area contributed by atoms with E-state index >= 15 is 0 Å². The molecule has 1 amide bonds. The van der Waals surface area contributed by atoms with Crippen LogP contribution in [0.15, 0.2) is 24.3 Å². The van der Waals surface area contributed by atoms with Gasteiger partial charge in [0.25, 0.3) is 0 Å². The molecule has 1 fully saturated rings. The van der Waals surface area contributed by atoms with Gasteiger partial charge in [0, 0.05) is 0 Å². The van der Waals surface area contributed by atoms with Crippen molar-refractivity contribution in [3.8, 4) is 5.75 Å². The van der Waals surface area contributed by atoms with Crippen LogP contribution in [0.1, 0.15) is 51.0 Å². The molecule has 25 heavy (non-hydrogen) atoms. The Morgan fingerprint density at radius 2 is 1.92 bits per heavy atom. The molecular weight excluding hydrogens is 322 g/mol. The van der Waals surface area contributed by atoms with Gasteiger partial charge in [-0.25, -0.2) is 4.79 Å². The minimum Gasteiger partial charge on any atom is -0.497 e. The van der Waals surface area contributed by atoms with Crippen LogP contribution in [0, 0.1) is 0 Å². The summed E-state index contributed by atoms with van der Waals surface area (Å²) in [5.41, 5.74) is -0.275. The number of hydrogen-bond acceptors (Lipinski definition) is 4. The number of aliphatic carboxylic acids is 1. The van der Waals surface area contributed by atoms with Crippen molar-refractivity contribution in [2.24, 2.45) is 0 Å². The van der Waals surface area contributed by atoms with Crippen LogP contribution in [0.4, 0.5) is 0 Å². The molecule has 1 aliphatic rings. The summed E-state index contributed by atoms with van der Waals surface area (Å²) in [5, 5.41) is 12.4. The molecule has 0 bridgehead atoms. The maximum atomic E-state index is 12.5. The monoisotopic (exact) mass is 349 g/mol. The quantitative estimate of drug-likeness (QED) is 0.740. The molecule has 1 aromatic carbocycles. The first-order chi connectivity index (χ1) is 12.0. The number of benzene rings is 1. The fourth-order valence-electron chi connectivity index (χ4n) is 3.12. The zero-order chi connectivity index (χ0) is 18.3. The fourth-order valence-corrected chi connectivity index (χ4v) is 3.12. The summed E-state index contributed by atoms with van der Waals surface area (Å²) < 4.78 is 10.8. The van der Waals surface area contributed by atoms with Crippen LogP contribution in [0.25, 0.3) is 0 Å². The first-order valence-electron chi connectivity index (χ1n) is 8.77. The third kappa shape index (κ3) is 5.19. The second kappa shape index (κ2) is 8.85. The van der Waals surface area contributed by atoms with Crippen molar-refractivity contribution in [1.82, 2.24) is 5.32 Å². The van der Waals surface area contributed by atoms with Crippen LogP contribution in [-0.4, -0.2) is 35.7 Å². The average Bonchev–Trinajstić information content (AvgIpc) is 2.86. The summed E-state index contributed by atoms with van der Waals surface area (Å²) in [6.45, 7) is 1.90. The molecule has 138 valence electrons. The van der Waals surface area contributed by atoms with Crippen molar-refractivity contribution in [3.05, 3.63) is 29.8 Å². The van der Waals surface area contributed by atoms with Crippen molar-refractivity contribution in [1.29, 1.82) is 0 Å². The summed E-state index contributed by atoms with van der Waals surface area (Å²) in [6, 6.07) is 7.42. The lowest BCUT2D eigenvalue weighted by Crippen LogP contribution is -2.56. The van der Waals surface area contributed by atoms with E-state index in [-0.39, 0.29) is 12.5 Å². The highest BCUT2D eigenvalue weighted by Gasteiger charge is 2.40. The van der Waals surface area contributed by atoms with E-state index in [0.717, 1.165) is 37.0 Å². The Labute approximate surface area is 148 Å². The van der Waals surface area contributed by atoms with Crippen LogP contribution < -0.4 is 10.1 Å². The van der Waals surface area contributed by atoms with E-state index in [4.69, 9.17) is 9.47 Å². The Balaban J connectivity index is 1.94. The van der Waals surface area contributed by atoms with E-state index in [9.17, 15) is 14.7 Å². The average molecular weight is 349 g/mol. The first kappa shape index (κ1) is 19.2. The normalized spacial score (nSPS) is 18.0. The van der Waals surface area contributed by atoms with Gasteiger partial charge in [-0.3, -0.25) is 4.79 Å². The molecule has 1 aliphatic carbocycles. The highest BCUT2D eigenvalue weighted by molar-refractivity contribution is 5.89. The predicted molar refractivity (Wildman–Crippen MR) is 93.5 cm³/mol. The molecule has 0 saturated heterocycles. The maximum Gasteiger partial charge on any atom is 0.329 e. The fraction of sp³-hybridized carbons (Fsp3) is 0.579. The van der Waals surface area contributed by atoms with E-state index < -0.39 is 17.6 Å². The summed E-state index contributed by atoms with van der Waals surface area (Å²) >= 11 is 0. The topological polar surface area (TPSA) is 84.9 Å². The van der Waals surface area contributed by atoms with Gasteiger partial charge in [0.15, 0.2) is 0 Å². The van der Waals surface area contributed by atoms with Gasteiger partial charge in [-0.15, -0.1) is 0 Å². The number of amides is 1. The number of rotatable bonds is 7. The molecule has 6 heteroatoms. The zero-order valence-electron chi connectivity index (χ0n) is 14.9. The van der Waals surface area contributed by atoms with Gasteiger partial charge < -0.3 is 19.9 Å². The summed E-state index contributed by atoms with van der Waals surface area (Å²) in [5.74, 6) is -0.614. The van der Waals surface area contributed by atoms with E-state index in [0.29, 0.717) is 12.8 Å². The van der Waals surface area contributed by atoms with Gasteiger partial charge in [-0.05, 0) is 37.5 Å². The van der Waals surface area contributed by atoms with Crippen LogP contribution in [0.3, 0.4) is 0 Å². The molecule has 1 saturated carbocycles. The van der Waals surface area contributed by atoms with Gasteiger partial charge in [0.05, 0.1) is 13.7 Å². The Hall–Kier alpha value is -2.08. The number of nitrogens with one attached hydrogen (secondary N) is 1. The molecule has 1 unspecified atom stereocenters. The van der Waals surface area contributed by atoms with E-state index in [1.54, 1.807) is 14.0 Å². The SMILES string of the molecule is COc1cccc(COC(C)C(=O)NC2(C(=O)O)CCCCCC2)c1. The lowest BCUT2D eigenvalue weighted by atomic mass is 9.90. The molecule has 0 aliphatic heterocycles. The number of ether oxygens (including phenoxy) is 2. The Morgan fingerprint density at radius 1 is 1.24 bits per heavy atom. The molecule has 1 atom stereocenters. The number of hydrogen-bond donors (Lipinski definition) is 2. The van der Waals surface area contributed by atoms with Crippen molar-refractivity contribution >= 4 is 11.9 Å². The maximum absolute atomic E-state index is 12.5. The van der Waals surface area contributed by atoms with Gasteiger partial charge in [-0.2, -0.15) is 0 Å². The molecule has 2 rings (SSSR count). The van der Waals surface area contributed by atoms with Crippen LogP contribution in [0.2, 0.25) is 0 Å². The second-order valence-electron chi connectivity index (χ2n) is 6.60. The predicted octanol–water partition coefficient (Wildman–Crippen LogP) is 2.89. The van der Waals surface area contributed by atoms with E-state index in [1.807, 2.05) is 24.3 Å². The minimum absolute atomic E-state index is 0.256. The first-order valence-corrected chi connectivity index (χ1v) is 8.77. The lowest BCUT2D eigenvalue weighted by Gasteiger charge is -2.30. The summed E-state index contributed by atoms with van der Waals surface area (Å²) in [7, 11) is 1.59. The number of methoxy groups -OCH3 is 1. The molecule has 0 spiro atoms. The number of carboxylic acid groups (broad SMARTS) is 1. The molecule has 0 heterocycles. The van der Waals surface area contributed by atoms with Crippen LogP contribution in [0.5, 0.6) is 5.75 Å². The van der Waals surface area contributed by atoms with Gasteiger partial charge in [-0.1, -0.05) is 37.8 Å². The lowest BCUT2D eigenvalue weighted by molar-refractivity contribution is -0.150. The highest BCUT2D eigenvalue weighted by atomic mass is 16.5. The smallest absolute Gasteiger partial charge is 0.329 e. The van der Waals surface area contributed by atoms with Gasteiger partial charge in [0.2, 0.25) is 5.91 Å². The molecule has 6 nitrogen and oxygen atoms in total. The standard InChI is InChI=1S/C19H27NO5/c1-14(25-13-15-8-7-9-16(12-15)24-2)17(21)20-19(18(22)23)10-5-3-4-6-11-19/h7-9,12,14H,3-6,10-11,13H2,1-2H3,(H,20,21)(H,22,23). The number of carbonyl (C=O) groups excluding carboxylic acids is 1. The molecule has 0 aromatic heterocycles. The van der Waals surface area contributed by atoms with Crippen molar-refractivity contribution < 1.29 is 24.2 Å². The Bertz CT molecular complexity index is 593.